The topological polar surface area (TPSA) is 42.4 Å². The third-order valence-corrected chi connectivity index (χ3v) is 4.52. The van der Waals surface area contributed by atoms with E-state index in [9.17, 15) is 4.79 Å². The zero-order chi connectivity index (χ0) is 16.9. The van der Waals surface area contributed by atoms with Crippen molar-refractivity contribution in [2.45, 2.75) is 32.2 Å². The minimum absolute atomic E-state index is 0.0470. The molecule has 0 aliphatic carbocycles. The van der Waals surface area contributed by atoms with Crippen LogP contribution in [0.25, 0.3) is 0 Å². The summed E-state index contributed by atoms with van der Waals surface area (Å²) in [7, 11) is 1.56. The Hall–Kier alpha value is -2.20. The smallest absolute Gasteiger partial charge is 0.249 e. The van der Waals surface area contributed by atoms with Gasteiger partial charge >= 0.3 is 0 Å². The van der Waals surface area contributed by atoms with Crippen LogP contribution in [0.3, 0.4) is 0 Å². The minimum Gasteiger partial charge on any atom is -0.375 e. The number of nitrogens with zero attached hydrogens (tertiary/aromatic N) is 2. The number of methoxy groups -OCH3 is 1. The number of aromatic nitrogens is 1. The van der Waals surface area contributed by atoms with Crippen LogP contribution in [0.5, 0.6) is 0 Å². The molecule has 2 heterocycles. The van der Waals surface area contributed by atoms with Crippen molar-refractivity contribution in [1.29, 1.82) is 0 Å². The molecule has 0 unspecified atom stereocenters. The Morgan fingerprint density at radius 1 is 1.25 bits per heavy atom. The van der Waals surface area contributed by atoms with Crippen molar-refractivity contribution >= 4 is 5.91 Å². The number of benzene rings is 1. The maximum Gasteiger partial charge on any atom is 0.249 e. The molecule has 1 aromatic heterocycles. The van der Waals surface area contributed by atoms with Gasteiger partial charge in [-0.05, 0) is 37.5 Å². The van der Waals surface area contributed by atoms with E-state index in [2.05, 4.69) is 37.3 Å². The van der Waals surface area contributed by atoms with E-state index in [1.165, 1.54) is 11.1 Å². The minimum atomic E-state index is 0.0470. The molecule has 1 amide bonds. The lowest BCUT2D eigenvalue weighted by atomic mass is 10.1. The number of hydrogen-bond acceptors (Lipinski definition) is 3. The number of hydrogen-bond donors (Lipinski definition) is 0. The van der Waals surface area contributed by atoms with Crippen LogP contribution >= 0.6 is 0 Å². The molecule has 1 fully saturated rings. The van der Waals surface area contributed by atoms with Crippen molar-refractivity contribution in [3.05, 3.63) is 65.0 Å². The van der Waals surface area contributed by atoms with Gasteiger partial charge in [0.15, 0.2) is 0 Å². The summed E-state index contributed by atoms with van der Waals surface area (Å²) in [6.45, 7) is 3.02. The molecule has 0 radical (unpaired) electrons. The van der Waals surface area contributed by atoms with Crippen LogP contribution in [0.15, 0.2) is 42.5 Å². The number of ether oxygens (including phenoxy) is 1. The summed E-state index contributed by atoms with van der Waals surface area (Å²) < 4.78 is 5.00. The van der Waals surface area contributed by atoms with Gasteiger partial charge in [-0.2, -0.15) is 0 Å². The molecule has 2 aromatic rings. The number of carbonyl (C=O) groups is 1. The van der Waals surface area contributed by atoms with E-state index in [0.29, 0.717) is 0 Å². The van der Waals surface area contributed by atoms with E-state index in [0.717, 1.165) is 37.2 Å². The van der Waals surface area contributed by atoms with Crippen molar-refractivity contribution in [2.24, 2.45) is 0 Å². The average Bonchev–Trinajstić information content (AvgIpc) is 3.07. The van der Waals surface area contributed by atoms with Gasteiger partial charge in [-0.15, -0.1) is 0 Å². The van der Waals surface area contributed by atoms with Gasteiger partial charge in [0.05, 0.1) is 11.7 Å². The van der Waals surface area contributed by atoms with E-state index in [1.807, 2.05) is 17.0 Å². The van der Waals surface area contributed by atoms with Gasteiger partial charge in [0.1, 0.15) is 6.61 Å². The maximum absolute atomic E-state index is 12.2. The Labute approximate surface area is 143 Å². The first-order valence-corrected chi connectivity index (χ1v) is 8.47. The highest BCUT2D eigenvalue weighted by Crippen LogP contribution is 2.31. The molecule has 126 valence electrons. The predicted molar refractivity (Wildman–Crippen MR) is 93.8 cm³/mol. The van der Waals surface area contributed by atoms with E-state index < -0.39 is 0 Å². The van der Waals surface area contributed by atoms with Gasteiger partial charge in [0, 0.05) is 25.8 Å². The third kappa shape index (κ3) is 3.82. The molecule has 4 heteroatoms. The van der Waals surface area contributed by atoms with Gasteiger partial charge in [-0.1, -0.05) is 35.9 Å². The summed E-state index contributed by atoms with van der Waals surface area (Å²) in [5.41, 5.74) is 4.55. The van der Waals surface area contributed by atoms with Crippen molar-refractivity contribution in [1.82, 2.24) is 9.88 Å². The molecule has 0 saturated carbocycles. The summed E-state index contributed by atoms with van der Waals surface area (Å²) in [6, 6.07) is 14.7. The van der Waals surface area contributed by atoms with Gasteiger partial charge < -0.3 is 9.64 Å². The molecule has 1 aliphatic heterocycles. The Morgan fingerprint density at radius 3 is 2.79 bits per heavy atom. The van der Waals surface area contributed by atoms with Crippen LogP contribution in [0.2, 0.25) is 0 Å². The van der Waals surface area contributed by atoms with Crippen molar-refractivity contribution in [3.63, 3.8) is 0 Å². The monoisotopic (exact) mass is 324 g/mol. The largest absolute Gasteiger partial charge is 0.375 e. The van der Waals surface area contributed by atoms with Crippen LogP contribution in [0.4, 0.5) is 0 Å². The SMILES string of the molecule is COCC(=O)N1CCC[C@H]1c1cccc(Cc2ccc(C)cc2)n1. The summed E-state index contributed by atoms with van der Waals surface area (Å²) in [5, 5.41) is 0. The molecule has 0 bridgehead atoms. The summed E-state index contributed by atoms with van der Waals surface area (Å²) in [5.74, 6) is 0.0470. The lowest BCUT2D eigenvalue weighted by molar-refractivity contribution is -0.136. The standard InChI is InChI=1S/C20H24N2O2/c1-15-8-10-16(11-9-15)13-17-5-3-6-18(21-17)19-7-4-12-22(19)20(23)14-24-2/h3,5-6,8-11,19H,4,7,12-14H2,1-2H3/t19-/m0/s1. The zero-order valence-electron chi connectivity index (χ0n) is 14.4. The molecular formula is C20H24N2O2. The quantitative estimate of drug-likeness (QED) is 0.847. The summed E-state index contributed by atoms with van der Waals surface area (Å²) in [6.07, 6.45) is 2.80. The number of pyridine rings is 1. The summed E-state index contributed by atoms with van der Waals surface area (Å²) in [4.78, 5) is 18.9. The van der Waals surface area contributed by atoms with E-state index >= 15 is 0 Å². The second-order valence-electron chi connectivity index (χ2n) is 6.39. The predicted octanol–water partition coefficient (Wildman–Crippen LogP) is 3.29. The van der Waals surface area contributed by atoms with Crippen molar-refractivity contribution in [2.75, 3.05) is 20.3 Å². The molecule has 0 N–H and O–H groups in total. The van der Waals surface area contributed by atoms with Crippen LogP contribution in [-0.2, 0) is 16.0 Å². The first-order chi connectivity index (χ1) is 11.7. The molecule has 3 rings (SSSR count). The van der Waals surface area contributed by atoms with Gasteiger partial charge in [-0.25, -0.2) is 0 Å². The lowest BCUT2D eigenvalue weighted by Gasteiger charge is -2.24. The second kappa shape index (κ2) is 7.58. The van der Waals surface area contributed by atoms with Gasteiger partial charge in [-0.3, -0.25) is 9.78 Å². The third-order valence-electron chi connectivity index (χ3n) is 4.52. The van der Waals surface area contributed by atoms with E-state index in [-0.39, 0.29) is 18.6 Å². The molecule has 1 saturated heterocycles. The Morgan fingerprint density at radius 2 is 2.04 bits per heavy atom. The fourth-order valence-corrected chi connectivity index (χ4v) is 3.28. The van der Waals surface area contributed by atoms with Gasteiger partial charge in [0.25, 0.3) is 0 Å². The first-order valence-electron chi connectivity index (χ1n) is 8.47. The van der Waals surface area contributed by atoms with Gasteiger partial charge in [0.2, 0.25) is 5.91 Å². The molecule has 1 atom stereocenters. The maximum atomic E-state index is 12.2. The molecule has 0 spiro atoms. The number of amides is 1. The molecule has 1 aliphatic rings. The normalized spacial score (nSPS) is 17.2. The fourth-order valence-electron chi connectivity index (χ4n) is 3.28. The molecule has 24 heavy (non-hydrogen) atoms. The van der Waals surface area contributed by atoms with Crippen LogP contribution < -0.4 is 0 Å². The van der Waals surface area contributed by atoms with Crippen LogP contribution in [0.1, 0.15) is 41.4 Å². The Kier molecular flexibility index (Phi) is 5.26. The van der Waals surface area contributed by atoms with E-state index in [4.69, 9.17) is 9.72 Å². The Balaban J connectivity index is 1.77. The number of aryl methyl sites for hydroxylation is 1. The highest BCUT2D eigenvalue weighted by Gasteiger charge is 2.30. The van der Waals surface area contributed by atoms with Crippen LogP contribution in [0, 0.1) is 6.92 Å². The average molecular weight is 324 g/mol. The van der Waals surface area contributed by atoms with E-state index in [1.54, 1.807) is 7.11 Å². The second-order valence-corrected chi connectivity index (χ2v) is 6.39. The first kappa shape index (κ1) is 16.7. The number of likely N-dealkylation sites (tertiary alicyclic amines) is 1. The molecule has 4 nitrogen and oxygen atoms in total. The van der Waals surface area contributed by atoms with Crippen molar-refractivity contribution < 1.29 is 9.53 Å². The number of rotatable bonds is 5. The van der Waals surface area contributed by atoms with Crippen LogP contribution in [-0.4, -0.2) is 36.1 Å². The fraction of sp³-hybridized carbons (Fsp3) is 0.400. The number of carbonyl (C=O) groups excluding carboxylic acids is 1. The Bertz CT molecular complexity index is 697. The molecular weight excluding hydrogens is 300 g/mol. The summed E-state index contributed by atoms with van der Waals surface area (Å²) >= 11 is 0. The molecule has 1 aromatic carbocycles. The highest BCUT2D eigenvalue weighted by atomic mass is 16.5. The lowest BCUT2D eigenvalue weighted by Crippen LogP contribution is -2.33. The van der Waals surface area contributed by atoms with Crippen molar-refractivity contribution in [3.8, 4) is 0 Å². The zero-order valence-corrected chi connectivity index (χ0v) is 14.4. The highest BCUT2D eigenvalue weighted by molar-refractivity contribution is 5.78.